The standard InChI is InChI=1S/C15H21N3O/c1-12(19)17-7-9-18(10-8-17)14-4-5-15-13(11-14)3-2-6-16-15/h4-5,11,16H,2-3,6-10H2,1H3. The molecule has 0 bridgehead atoms. The van der Waals surface area contributed by atoms with Crippen LogP contribution in [0.15, 0.2) is 18.2 Å². The van der Waals surface area contributed by atoms with Crippen LogP contribution < -0.4 is 10.2 Å². The van der Waals surface area contributed by atoms with Crippen molar-refractivity contribution in [3.05, 3.63) is 23.8 Å². The van der Waals surface area contributed by atoms with Gasteiger partial charge < -0.3 is 15.1 Å². The second kappa shape index (κ2) is 5.11. The lowest BCUT2D eigenvalue weighted by atomic mass is 10.0. The van der Waals surface area contributed by atoms with Crippen LogP contribution >= 0.6 is 0 Å². The summed E-state index contributed by atoms with van der Waals surface area (Å²) in [6.45, 7) is 6.29. The Labute approximate surface area is 114 Å². The second-order valence-corrected chi connectivity index (χ2v) is 5.36. The van der Waals surface area contributed by atoms with Crippen LogP contribution in [0, 0.1) is 0 Å². The lowest BCUT2D eigenvalue weighted by Crippen LogP contribution is -2.48. The van der Waals surface area contributed by atoms with Gasteiger partial charge in [-0.25, -0.2) is 0 Å². The Morgan fingerprint density at radius 2 is 2.00 bits per heavy atom. The van der Waals surface area contributed by atoms with Gasteiger partial charge in [-0.2, -0.15) is 0 Å². The lowest BCUT2D eigenvalue weighted by molar-refractivity contribution is -0.129. The molecule has 3 rings (SSSR count). The van der Waals surface area contributed by atoms with E-state index in [1.165, 1.54) is 29.8 Å². The zero-order chi connectivity index (χ0) is 13.2. The van der Waals surface area contributed by atoms with Crippen molar-refractivity contribution >= 4 is 17.3 Å². The summed E-state index contributed by atoms with van der Waals surface area (Å²) < 4.78 is 0. The van der Waals surface area contributed by atoms with Crippen LogP contribution in [-0.4, -0.2) is 43.5 Å². The van der Waals surface area contributed by atoms with Gasteiger partial charge in [0.2, 0.25) is 5.91 Å². The third kappa shape index (κ3) is 2.53. The maximum absolute atomic E-state index is 11.3. The molecule has 2 aliphatic heterocycles. The van der Waals surface area contributed by atoms with E-state index >= 15 is 0 Å². The van der Waals surface area contributed by atoms with E-state index in [1.807, 2.05) is 4.90 Å². The Morgan fingerprint density at radius 3 is 2.74 bits per heavy atom. The van der Waals surface area contributed by atoms with E-state index in [1.54, 1.807) is 6.92 Å². The van der Waals surface area contributed by atoms with Crippen LogP contribution in [0.1, 0.15) is 18.9 Å². The van der Waals surface area contributed by atoms with Crippen molar-refractivity contribution in [1.29, 1.82) is 0 Å². The molecular weight excluding hydrogens is 238 g/mol. The third-order valence-electron chi connectivity index (χ3n) is 4.12. The fourth-order valence-corrected chi connectivity index (χ4v) is 2.94. The monoisotopic (exact) mass is 259 g/mol. The molecule has 2 heterocycles. The van der Waals surface area contributed by atoms with Crippen molar-refractivity contribution in [3.63, 3.8) is 0 Å². The average molecular weight is 259 g/mol. The molecule has 1 aromatic carbocycles. The maximum atomic E-state index is 11.3. The molecule has 2 aliphatic rings. The number of amides is 1. The molecule has 1 saturated heterocycles. The van der Waals surface area contributed by atoms with E-state index in [4.69, 9.17) is 0 Å². The highest BCUT2D eigenvalue weighted by Crippen LogP contribution is 2.27. The van der Waals surface area contributed by atoms with Crippen molar-refractivity contribution in [1.82, 2.24) is 4.90 Å². The first kappa shape index (κ1) is 12.3. The third-order valence-corrected chi connectivity index (χ3v) is 4.12. The predicted octanol–water partition coefficient (Wildman–Crippen LogP) is 1.71. The van der Waals surface area contributed by atoms with E-state index < -0.39 is 0 Å². The van der Waals surface area contributed by atoms with Gasteiger partial charge in [-0.3, -0.25) is 4.79 Å². The van der Waals surface area contributed by atoms with E-state index in [9.17, 15) is 4.79 Å². The number of piperazine rings is 1. The molecule has 1 aromatic rings. The molecule has 0 spiro atoms. The Bertz CT molecular complexity index is 478. The molecule has 0 aromatic heterocycles. The summed E-state index contributed by atoms with van der Waals surface area (Å²) in [6.07, 6.45) is 2.39. The van der Waals surface area contributed by atoms with E-state index in [0.29, 0.717) is 0 Å². The number of carbonyl (C=O) groups is 1. The van der Waals surface area contributed by atoms with Crippen molar-refractivity contribution in [3.8, 4) is 0 Å². The number of fused-ring (bicyclic) bond motifs is 1. The van der Waals surface area contributed by atoms with Crippen molar-refractivity contribution in [2.45, 2.75) is 19.8 Å². The number of hydrogen-bond acceptors (Lipinski definition) is 3. The maximum Gasteiger partial charge on any atom is 0.219 e. The zero-order valence-corrected chi connectivity index (χ0v) is 11.5. The van der Waals surface area contributed by atoms with E-state index in [0.717, 1.165) is 32.7 Å². The predicted molar refractivity (Wildman–Crippen MR) is 77.7 cm³/mol. The fraction of sp³-hybridized carbons (Fsp3) is 0.533. The van der Waals surface area contributed by atoms with Gasteiger partial charge in [0, 0.05) is 51.0 Å². The molecule has 4 nitrogen and oxygen atoms in total. The quantitative estimate of drug-likeness (QED) is 0.834. The first-order valence-corrected chi connectivity index (χ1v) is 7.11. The van der Waals surface area contributed by atoms with Crippen LogP contribution in [0.5, 0.6) is 0 Å². The van der Waals surface area contributed by atoms with Gasteiger partial charge in [0.15, 0.2) is 0 Å². The van der Waals surface area contributed by atoms with Crippen LogP contribution in [0.2, 0.25) is 0 Å². The first-order valence-electron chi connectivity index (χ1n) is 7.11. The van der Waals surface area contributed by atoms with Gasteiger partial charge in [0.1, 0.15) is 0 Å². The van der Waals surface area contributed by atoms with Gasteiger partial charge in [0.05, 0.1) is 0 Å². The number of nitrogens with one attached hydrogen (secondary N) is 1. The van der Waals surface area contributed by atoms with Crippen molar-refractivity contribution in [2.24, 2.45) is 0 Å². The zero-order valence-electron chi connectivity index (χ0n) is 11.5. The summed E-state index contributed by atoms with van der Waals surface area (Å²) in [4.78, 5) is 15.6. The van der Waals surface area contributed by atoms with Crippen LogP contribution in [-0.2, 0) is 11.2 Å². The van der Waals surface area contributed by atoms with E-state index in [2.05, 4.69) is 28.4 Å². The topological polar surface area (TPSA) is 35.6 Å². The Morgan fingerprint density at radius 1 is 1.21 bits per heavy atom. The van der Waals surface area contributed by atoms with Crippen LogP contribution in [0.4, 0.5) is 11.4 Å². The van der Waals surface area contributed by atoms with Crippen molar-refractivity contribution < 1.29 is 4.79 Å². The van der Waals surface area contributed by atoms with Gasteiger partial charge in [-0.05, 0) is 36.6 Å². The second-order valence-electron chi connectivity index (χ2n) is 5.36. The summed E-state index contributed by atoms with van der Waals surface area (Å²) in [5.41, 5.74) is 4.01. The van der Waals surface area contributed by atoms with Gasteiger partial charge in [0.25, 0.3) is 0 Å². The number of hydrogen-bond donors (Lipinski definition) is 1. The molecule has 19 heavy (non-hydrogen) atoms. The molecule has 0 saturated carbocycles. The molecule has 1 fully saturated rings. The molecule has 4 heteroatoms. The summed E-state index contributed by atoms with van der Waals surface area (Å²) in [6, 6.07) is 6.70. The largest absolute Gasteiger partial charge is 0.385 e. The molecule has 0 atom stereocenters. The first-order chi connectivity index (χ1) is 9.24. The average Bonchev–Trinajstić information content (AvgIpc) is 2.47. The van der Waals surface area contributed by atoms with Crippen LogP contribution in [0.25, 0.3) is 0 Å². The minimum atomic E-state index is 0.189. The Kier molecular flexibility index (Phi) is 3.32. The number of carbonyl (C=O) groups excluding carboxylic acids is 1. The van der Waals surface area contributed by atoms with Gasteiger partial charge in [-0.15, -0.1) is 0 Å². The Balaban J connectivity index is 1.71. The molecule has 1 amide bonds. The molecule has 0 radical (unpaired) electrons. The molecule has 0 aliphatic carbocycles. The Hall–Kier alpha value is -1.71. The number of benzene rings is 1. The normalized spacial score (nSPS) is 18.8. The highest BCUT2D eigenvalue weighted by molar-refractivity contribution is 5.73. The summed E-state index contributed by atoms with van der Waals surface area (Å²) in [7, 11) is 0. The minimum absolute atomic E-state index is 0.189. The molecule has 0 unspecified atom stereocenters. The van der Waals surface area contributed by atoms with Gasteiger partial charge >= 0.3 is 0 Å². The number of rotatable bonds is 1. The SMILES string of the molecule is CC(=O)N1CCN(c2ccc3c(c2)CCCN3)CC1. The summed E-state index contributed by atoms with van der Waals surface area (Å²) in [5.74, 6) is 0.189. The fourth-order valence-electron chi connectivity index (χ4n) is 2.94. The highest BCUT2D eigenvalue weighted by atomic mass is 16.2. The number of anilines is 2. The highest BCUT2D eigenvalue weighted by Gasteiger charge is 2.19. The molecule has 1 N–H and O–H groups in total. The summed E-state index contributed by atoms with van der Waals surface area (Å²) >= 11 is 0. The smallest absolute Gasteiger partial charge is 0.219 e. The molecular formula is C15H21N3O. The lowest BCUT2D eigenvalue weighted by Gasteiger charge is -2.36. The molecule has 102 valence electrons. The van der Waals surface area contributed by atoms with Crippen LogP contribution in [0.3, 0.4) is 0 Å². The van der Waals surface area contributed by atoms with Crippen molar-refractivity contribution in [2.75, 3.05) is 42.9 Å². The van der Waals surface area contributed by atoms with E-state index in [-0.39, 0.29) is 5.91 Å². The number of nitrogens with zero attached hydrogens (tertiary/aromatic N) is 2. The minimum Gasteiger partial charge on any atom is -0.385 e. The summed E-state index contributed by atoms with van der Waals surface area (Å²) in [5, 5.41) is 3.44. The van der Waals surface area contributed by atoms with Gasteiger partial charge in [-0.1, -0.05) is 0 Å². The number of aryl methyl sites for hydroxylation is 1.